The Morgan fingerprint density at radius 3 is 3.09 bits per heavy atom. The van der Waals surface area contributed by atoms with Crippen molar-refractivity contribution in [3.63, 3.8) is 0 Å². The highest BCUT2D eigenvalue weighted by molar-refractivity contribution is 5.54. The fraction of sp³-hybridized carbons (Fsp3) is 0.500. The van der Waals surface area contributed by atoms with E-state index < -0.39 is 0 Å². The van der Waals surface area contributed by atoms with E-state index in [9.17, 15) is 0 Å². The summed E-state index contributed by atoms with van der Waals surface area (Å²) >= 11 is 0. The van der Waals surface area contributed by atoms with E-state index in [4.69, 9.17) is 4.74 Å². The topological polar surface area (TPSA) is 91.0 Å². The Balaban J connectivity index is 1.55. The second kappa shape index (κ2) is 5.54. The molecule has 3 N–H and O–H groups in total. The van der Waals surface area contributed by atoms with E-state index in [1.807, 2.05) is 19.1 Å². The van der Waals surface area contributed by atoms with Crippen LogP contribution in [0, 0.1) is 6.92 Å². The molecular formula is C14H19N7O. The lowest BCUT2D eigenvalue weighted by molar-refractivity contribution is 0.0212. The van der Waals surface area contributed by atoms with Gasteiger partial charge < -0.3 is 20.3 Å². The summed E-state index contributed by atoms with van der Waals surface area (Å²) in [7, 11) is 0. The van der Waals surface area contributed by atoms with Crippen molar-refractivity contribution < 1.29 is 4.74 Å². The molecule has 0 unspecified atom stereocenters. The van der Waals surface area contributed by atoms with Crippen molar-refractivity contribution in [3.8, 4) is 0 Å². The minimum atomic E-state index is 0.223. The second-order valence-electron chi connectivity index (χ2n) is 5.65. The van der Waals surface area contributed by atoms with Crippen molar-refractivity contribution in [2.45, 2.75) is 19.1 Å². The van der Waals surface area contributed by atoms with Crippen LogP contribution in [0.2, 0.25) is 0 Å². The summed E-state index contributed by atoms with van der Waals surface area (Å²) in [5.41, 5.74) is 0.923. The average Bonchev–Trinajstić information content (AvgIpc) is 3.15. The van der Waals surface area contributed by atoms with Gasteiger partial charge in [0.1, 0.15) is 5.82 Å². The number of H-pyrrole nitrogens is 1. The number of aromatic nitrogens is 4. The number of aryl methyl sites for hydroxylation is 1. The molecule has 0 spiro atoms. The molecule has 4 rings (SSSR count). The van der Waals surface area contributed by atoms with Gasteiger partial charge in [0.25, 0.3) is 0 Å². The van der Waals surface area contributed by atoms with Gasteiger partial charge in [0.15, 0.2) is 5.82 Å². The predicted octanol–water partition coefficient (Wildman–Crippen LogP) is 0.429. The lowest BCUT2D eigenvalue weighted by Gasteiger charge is -2.25. The lowest BCUT2D eigenvalue weighted by atomic mass is 10.2. The number of aromatic amines is 1. The van der Waals surface area contributed by atoms with Crippen molar-refractivity contribution in [1.82, 2.24) is 25.5 Å². The molecule has 2 aromatic rings. The molecule has 2 aliphatic rings. The molecule has 116 valence electrons. The average molecular weight is 301 g/mol. The van der Waals surface area contributed by atoms with Crippen LogP contribution in [0.25, 0.3) is 0 Å². The Morgan fingerprint density at radius 1 is 1.32 bits per heavy atom. The van der Waals surface area contributed by atoms with Crippen LogP contribution in [-0.4, -0.2) is 58.6 Å². The van der Waals surface area contributed by atoms with E-state index >= 15 is 0 Å². The Kier molecular flexibility index (Phi) is 3.39. The summed E-state index contributed by atoms with van der Waals surface area (Å²) in [6.45, 7) is 5.35. The minimum absolute atomic E-state index is 0.223. The predicted molar refractivity (Wildman–Crippen MR) is 82.4 cm³/mol. The second-order valence-corrected chi connectivity index (χ2v) is 5.65. The standard InChI is InChI=1S/C14H19N7O/c1-9-6-13(18-12-2-3-16-20-12)19-14(17-9)21-7-10-11(8-21)22-5-4-15-10/h2-3,6,10-11,15H,4-5,7-8H2,1H3,(H2,16,17,18,19,20)/t10-,11-/m1/s1. The zero-order chi connectivity index (χ0) is 14.9. The maximum absolute atomic E-state index is 5.81. The van der Waals surface area contributed by atoms with Gasteiger partial charge in [-0.25, -0.2) is 4.98 Å². The molecule has 8 nitrogen and oxygen atoms in total. The molecule has 0 bridgehead atoms. The van der Waals surface area contributed by atoms with Gasteiger partial charge in [-0.05, 0) is 6.92 Å². The third kappa shape index (κ3) is 2.62. The number of rotatable bonds is 3. The largest absolute Gasteiger partial charge is 0.373 e. The number of fused-ring (bicyclic) bond motifs is 1. The van der Waals surface area contributed by atoms with Crippen LogP contribution >= 0.6 is 0 Å². The van der Waals surface area contributed by atoms with E-state index in [1.165, 1.54) is 0 Å². The minimum Gasteiger partial charge on any atom is -0.373 e. The molecule has 0 amide bonds. The Bertz CT molecular complexity index is 631. The third-order valence-electron chi connectivity index (χ3n) is 3.99. The van der Waals surface area contributed by atoms with E-state index in [0.717, 1.165) is 49.5 Å². The smallest absolute Gasteiger partial charge is 0.227 e. The first-order chi connectivity index (χ1) is 10.8. The summed E-state index contributed by atoms with van der Waals surface area (Å²) < 4.78 is 5.81. The quantitative estimate of drug-likeness (QED) is 0.757. The molecule has 0 saturated carbocycles. The summed E-state index contributed by atoms with van der Waals surface area (Å²) in [6.07, 6.45) is 1.99. The number of hydrogen-bond acceptors (Lipinski definition) is 7. The first-order valence-electron chi connectivity index (χ1n) is 7.50. The SMILES string of the molecule is Cc1cc(Nc2cc[nH]n2)nc(N2C[C@H]3NCCO[C@@H]3C2)n1. The first kappa shape index (κ1) is 13.5. The van der Waals surface area contributed by atoms with Gasteiger partial charge in [-0.3, -0.25) is 5.10 Å². The highest BCUT2D eigenvalue weighted by atomic mass is 16.5. The van der Waals surface area contributed by atoms with Crippen LogP contribution in [0.15, 0.2) is 18.3 Å². The van der Waals surface area contributed by atoms with Crippen LogP contribution in [0.3, 0.4) is 0 Å². The summed E-state index contributed by atoms with van der Waals surface area (Å²) in [5.74, 6) is 2.22. The lowest BCUT2D eigenvalue weighted by Crippen LogP contribution is -2.47. The molecule has 0 aliphatic carbocycles. The highest BCUT2D eigenvalue weighted by Crippen LogP contribution is 2.23. The zero-order valence-electron chi connectivity index (χ0n) is 12.4. The first-order valence-corrected chi connectivity index (χ1v) is 7.50. The van der Waals surface area contributed by atoms with Crippen molar-refractivity contribution in [2.24, 2.45) is 0 Å². The van der Waals surface area contributed by atoms with E-state index in [1.54, 1.807) is 6.20 Å². The van der Waals surface area contributed by atoms with Crippen molar-refractivity contribution >= 4 is 17.6 Å². The van der Waals surface area contributed by atoms with E-state index in [2.05, 4.69) is 35.7 Å². The number of morpholine rings is 1. The van der Waals surface area contributed by atoms with Crippen LogP contribution in [0.4, 0.5) is 17.6 Å². The van der Waals surface area contributed by atoms with Gasteiger partial charge in [-0.2, -0.15) is 10.1 Å². The van der Waals surface area contributed by atoms with Crippen LogP contribution < -0.4 is 15.5 Å². The molecule has 2 fully saturated rings. The monoisotopic (exact) mass is 301 g/mol. The van der Waals surface area contributed by atoms with E-state index in [-0.39, 0.29) is 6.10 Å². The van der Waals surface area contributed by atoms with Gasteiger partial charge in [-0.15, -0.1) is 0 Å². The van der Waals surface area contributed by atoms with Gasteiger partial charge in [0.2, 0.25) is 5.95 Å². The van der Waals surface area contributed by atoms with E-state index in [0.29, 0.717) is 6.04 Å². The maximum Gasteiger partial charge on any atom is 0.227 e. The summed E-state index contributed by atoms with van der Waals surface area (Å²) in [6, 6.07) is 4.13. The molecule has 2 atom stereocenters. The van der Waals surface area contributed by atoms with Crippen LogP contribution in [0.5, 0.6) is 0 Å². The number of ether oxygens (including phenoxy) is 1. The molecule has 2 aromatic heterocycles. The van der Waals surface area contributed by atoms with Crippen LogP contribution in [-0.2, 0) is 4.74 Å². The number of hydrogen-bond donors (Lipinski definition) is 3. The molecule has 0 radical (unpaired) electrons. The third-order valence-corrected chi connectivity index (χ3v) is 3.99. The summed E-state index contributed by atoms with van der Waals surface area (Å²) in [4.78, 5) is 11.4. The fourth-order valence-corrected chi connectivity index (χ4v) is 2.98. The zero-order valence-corrected chi connectivity index (χ0v) is 12.4. The van der Waals surface area contributed by atoms with Crippen molar-refractivity contribution in [3.05, 3.63) is 24.0 Å². The molecule has 22 heavy (non-hydrogen) atoms. The van der Waals surface area contributed by atoms with Crippen molar-refractivity contribution in [1.29, 1.82) is 0 Å². The molecular weight excluding hydrogens is 282 g/mol. The van der Waals surface area contributed by atoms with Gasteiger partial charge in [-0.1, -0.05) is 0 Å². The number of nitrogens with zero attached hydrogens (tertiary/aromatic N) is 4. The van der Waals surface area contributed by atoms with Crippen LogP contribution in [0.1, 0.15) is 5.69 Å². The van der Waals surface area contributed by atoms with Gasteiger partial charge in [0, 0.05) is 43.7 Å². The molecule has 0 aromatic carbocycles. The normalized spacial score (nSPS) is 24.3. The molecule has 2 aliphatic heterocycles. The van der Waals surface area contributed by atoms with Gasteiger partial charge >= 0.3 is 0 Å². The Labute approximate surface area is 128 Å². The molecule has 2 saturated heterocycles. The maximum atomic E-state index is 5.81. The van der Waals surface area contributed by atoms with Crippen molar-refractivity contribution in [2.75, 3.05) is 36.5 Å². The Hall–Kier alpha value is -2.19. The summed E-state index contributed by atoms with van der Waals surface area (Å²) in [5, 5.41) is 13.5. The number of nitrogens with one attached hydrogen (secondary N) is 3. The molecule has 4 heterocycles. The Morgan fingerprint density at radius 2 is 2.27 bits per heavy atom. The molecule has 8 heteroatoms. The van der Waals surface area contributed by atoms with Gasteiger partial charge in [0.05, 0.1) is 18.8 Å². The fourth-order valence-electron chi connectivity index (χ4n) is 2.98. The number of anilines is 3. The highest BCUT2D eigenvalue weighted by Gasteiger charge is 2.36.